The normalized spacial score (nSPS) is 11.2. The number of nitrogens with zero attached hydrogens (tertiary/aromatic N) is 3. The van der Waals surface area contributed by atoms with Crippen LogP contribution in [-0.2, 0) is 4.79 Å². The minimum atomic E-state index is -4.95. The molecule has 29 heavy (non-hydrogen) atoms. The van der Waals surface area contributed by atoms with Crippen LogP contribution < -0.4 is 10.2 Å². The number of amides is 2. The van der Waals surface area contributed by atoms with Gasteiger partial charge in [0.05, 0.1) is 0 Å². The SMILES string of the molecule is CN(C(=O)C(F)(F)F)c1ccc(-c2nnc(NC(=O)c3ccc(Cl)cc3)s2)cc1. The van der Waals surface area contributed by atoms with E-state index in [0.717, 1.165) is 18.4 Å². The number of alkyl halides is 3. The van der Waals surface area contributed by atoms with Crippen LogP contribution in [0.5, 0.6) is 0 Å². The summed E-state index contributed by atoms with van der Waals surface area (Å²) in [5, 5.41) is 11.7. The van der Waals surface area contributed by atoms with Crippen LogP contribution in [0, 0.1) is 0 Å². The molecule has 0 fully saturated rings. The van der Waals surface area contributed by atoms with Gasteiger partial charge in [-0.3, -0.25) is 14.9 Å². The molecule has 2 aromatic carbocycles. The molecule has 0 spiro atoms. The minimum absolute atomic E-state index is 0.0804. The number of carbonyl (C=O) groups excluding carboxylic acids is 2. The average Bonchev–Trinajstić information content (AvgIpc) is 3.15. The Kier molecular flexibility index (Phi) is 5.85. The van der Waals surface area contributed by atoms with E-state index in [1.54, 1.807) is 24.3 Å². The molecule has 1 heterocycles. The van der Waals surface area contributed by atoms with Crippen LogP contribution in [0.1, 0.15) is 10.4 Å². The van der Waals surface area contributed by atoms with Crippen molar-refractivity contribution in [3.05, 3.63) is 59.1 Å². The van der Waals surface area contributed by atoms with Crippen LogP contribution in [0.25, 0.3) is 10.6 Å². The Morgan fingerprint density at radius 2 is 1.66 bits per heavy atom. The van der Waals surface area contributed by atoms with E-state index in [2.05, 4.69) is 15.5 Å². The molecule has 3 rings (SSSR count). The molecule has 1 N–H and O–H groups in total. The van der Waals surface area contributed by atoms with Gasteiger partial charge in [0.25, 0.3) is 5.91 Å². The molecule has 1 aromatic heterocycles. The molecule has 0 saturated heterocycles. The van der Waals surface area contributed by atoms with Crippen LogP contribution >= 0.6 is 22.9 Å². The number of hydrogen-bond acceptors (Lipinski definition) is 5. The third-order valence-electron chi connectivity index (χ3n) is 3.80. The maximum absolute atomic E-state index is 12.5. The van der Waals surface area contributed by atoms with E-state index < -0.39 is 12.1 Å². The maximum atomic E-state index is 12.5. The Balaban J connectivity index is 1.71. The van der Waals surface area contributed by atoms with Gasteiger partial charge in [-0.2, -0.15) is 13.2 Å². The molecule has 150 valence electrons. The van der Waals surface area contributed by atoms with Crippen molar-refractivity contribution in [1.82, 2.24) is 10.2 Å². The van der Waals surface area contributed by atoms with E-state index in [1.165, 1.54) is 24.3 Å². The van der Waals surface area contributed by atoms with Gasteiger partial charge in [-0.25, -0.2) is 0 Å². The summed E-state index contributed by atoms with van der Waals surface area (Å²) in [5.41, 5.74) is 1.05. The van der Waals surface area contributed by atoms with Crippen molar-refractivity contribution in [2.75, 3.05) is 17.3 Å². The van der Waals surface area contributed by atoms with Crippen LogP contribution in [0.3, 0.4) is 0 Å². The number of anilines is 2. The van der Waals surface area contributed by atoms with Gasteiger partial charge in [0.2, 0.25) is 5.13 Å². The number of rotatable bonds is 4. The van der Waals surface area contributed by atoms with Crippen molar-refractivity contribution in [2.24, 2.45) is 0 Å². The molecular formula is C18H12ClF3N4O2S. The Morgan fingerprint density at radius 3 is 2.24 bits per heavy atom. The highest BCUT2D eigenvalue weighted by molar-refractivity contribution is 7.18. The summed E-state index contributed by atoms with van der Waals surface area (Å²) in [6, 6.07) is 12.1. The molecule has 0 unspecified atom stereocenters. The Morgan fingerprint density at radius 1 is 1.03 bits per heavy atom. The predicted molar refractivity (Wildman–Crippen MR) is 104 cm³/mol. The van der Waals surface area contributed by atoms with Gasteiger partial charge in [0.15, 0.2) is 0 Å². The van der Waals surface area contributed by atoms with E-state index >= 15 is 0 Å². The summed E-state index contributed by atoms with van der Waals surface area (Å²) in [6.45, 7) is 0. The quantitative estimate of drug-likeness (QED) is 0.641. The van der Waals surface area contributed by atoms with Crippen LogP contribution in [0.2, 0.25) is 5.02 Å². The molecule has 0 atom stereocenters. The van der Waals surface area contributed by atoms with Crippen LogP contribution in [-0.4, -0.2) is 35.2 Å². The molecular weight excluding hydrogens is 429 g/mol. The number of nitrogens with one attached hydrogen (secondary N) is 1. The fourth-order valence-electron chi connectivity index (χ4n) is 2.30. The first-order valence-corrected chi connectivity index (χ1v) is 9.20. The standard InChI is InChI=1S/C18H12ClF3N4O2S/c1-26(16(28)18(20,21)22)13-8-4-11(5-9-13)15-24-25-17(29-15)23-14(27)10-2-6-12(19)7-3-10/h2-9H,1H3,(H,23,25,27). The second kappa shape index (κ2) is 8.18. The van der Waals surface area contributed by atoms with Gasteiger partial charge < -0.3 is 4.90 Å². The summed E-state index contributed by atoms with van der Waals surface area (Å²) in [5.74, 6) is -2.35. The highest BCUT2D eigenvalue weighted by Gasteiger charge is 2.41. The minimum Gasteiger partial charge on any atom is -0.308 e. The van der Waals surface area contributed by atoms with E-state index in [1.807, 2.05) is 0 Å². The molecule has 0 saturated carbocycles. The topological polar surface area (TPSA) is 75.2 Å². The molecule has 6 nitrogen and oxygen atoms in total. The van der Waals surface area contributed by atoms with Crippen molar-refractivity contribution in [1.29, 1.82) is 0 Å². The Labute approximate surface area is 171 Å². The van der Waals surface area contributed by atoms with Gasteiger partial charge in [0, 0.05) is 28.9 Å². The van der Waals surface area contributed by atoms with Gasteiger partial charge in [0.1, 0.15) is 5.01 Å². The van der Waals surface area contributed by atoms with Crippen LogP contribution in [0.15, 0.2) is 48.5 Å². The summed E-state index contributed by atoms with van der Waals surface area (Å²) in [7, 11) is 1.04. The first-order chi connectivity index (χ1) is 13.6. The van der Waals surface area contributed by atoms with Crippen molar-refractivity contribution in [3.63, 3.8) is 0 Å². The fraction of sp³-hybridized carbons (Fsp3) is 0.111. The smallest absolute Gasteiger partial charge is 0.308 e. The second-order valence-electron chi connectivity index (χ2n) is 5.78. The average molecular weight is 441 g/mol. The van der Waals surface area contributed by atoms with Gasteiger partial charge in [-0.05, 0) is 48.5 Å². The first-order valence-electron chi connectivity index (χ1n) is 8.01. The number of halogens is 4. The van der Waals surface area contributed by atoms with E-state index in [9.17, 15) is 22.8 Å². The lowest BCUT2D eigenvalue weighted by molar-refractivity contribution is -0.170. The fourth-order valence-corrected chi connectivity index (χ4v) is 3.17. The number of aromatic nitrogens is 2. The number of hydrogen-bond donors (Lipinski definition) is 1. The van der Waals surface area contributed by atoms with Gasteiger partial charge in [-0.15, -0.1) is 10.2 Å². The Bertz CT molecular complexity index is 1040. The lowest BCUT2D eigenvalue weighted by atomic mass is 10.2. The molecule has 2 amide bonds. The van der Waals surface area contributed by atoms with Crippen molar-refractivity contribution < 1.29 is 22.8 Å². The van der Waals surface area contributed by atoms with Gasteiger partial charge in [-0.1, -0.05) is 22.9 Å². The zero-order valence-electron chi connectivity index (χ0n) is 14.7. The Hall–Kier alpha value is -2.98. The molecule has 0 radical (unpaired) electrons. The summed E-state index contributed by atoms with van der Waals surface area (Å²) < 4.78 is 37.6. The zero-order chi connectivity index (χ0) is 21.2. The number of benzene rings is 2. The van der Waals surface area contributed by atoms with Crippen molar-refractivity contribution in [2.45, 2.75) is 6.18 Å². The molecule has 11 heteroatoms. The predicted octanol–water partition coefficient (Wildman–Crippen LogP) is 4.64. The third-order valence-corrected chi connectivity index (χ3v) is 4.94. The van der Waals surface area contributed by atoms with Crippen molar-refractivity contribution in [3.8, 4) is 10.6 Å². The lowest BCUT2D eigenvalue weighted by Crippen LogP contribution is -2.38. The zero-order valence-corrected chi connectivity index (χ0v) is 16.3. The lowest BCUT2D eigenvalue weighted by Gasteiger charge is -2.18. The van der Waals surface area contributed by atoms with E-state index in [-0.39, 0.29) is 16.7 Å². The molecule has 0 aliphatic heterocycles. The highest BCUT2D eigenvalue weighted by Crippen LogP contribution is 2.29. The molecule has 0 aliphatic carbocycles. The number of carbonyl (C=O) groups is 2. The highest BCUT2D eigenvalue weighted by atomic mass is 35.5. The first kappa shape index (κ1) is 20.7. The summed E-state index contributed by atoms with van der Waals surface area (Å²) in [4.78, 5) is 24.0. The summed E-state index contributed by atoms with van der Waals surface area (Å²) in [6.07, 6.45) is -4.95. The summed E-state index contributed by atoms with van der Waals surface area (Å²) >= 11 is 6.88. The molecule has 0 bridgehead atoms. The van der Waals surface area contributed by atoms with Crippen molar-refractivity contribution >= 4 is 45.6 Å². The van der Waals surface area contributed by atoms with Gasteiger partial charge >= 0.3 is 12.1 Å². The van der Waals surface area contributed by atoms with E-state index in [4.69, 9.17) is 11.6 Å². The molecule has 3 aromatic rings. The van der Waals surface area contributed by atoms with Crippen LogP contribution in [0.4, 0.5) is 24.0 Å². The largest absolute Gasteiger partial charge is 0.471 e. The second-order valence-corrected chi connectivity index (χ2v) is 7.20. The monoisotopic (exact) mass is 440 g/mol. The third kappa shape index (κ3) is 4.90. The maximum Gasteiger partial charge on any atom is 0.471 e. The van der Waals surface area contributed by atoms with E-state index in [0.29, 0.717) is 26.1 Å². The molecule has 0 aliphatic rings.